The van der Waals surface area contributed by atoms with Crippen molar-refractivity contribution >= 4 is 23.2 Å². The number of aliphatic hydroxyl groups excluding tert-OH is 1. The number of halogens is 2. The van der Waals surface area contributed by atoms with Crippen molar-refractivity contribution in [3.05, 3.63) is 58.1 Å². The first kappa shape index (κ1) is 21.8. The van der Waals surface area contributed by atoms with Gasteiger partial charge in [0.05, 0.1) is 10.0 Å². The molecule has 0 unspecified atom stereocenters. The van der Waals surface area contributed by atoms with Crippen LogP contribution in [0.25, 0.3) is 0 Å². The lowest BCUT2D eigenvalue weighted by Crippen LogP contribution is -2.37. The summed E-state index contributed by atoms with van der Waals surface area (Å²) in [4.78, 5) is 2.25. The van der Waals surface area contributed by atoms with E-state index in [4.69, 9.17) is 27.9 Å². The number of aromatic hydroxyl groups is 1. The van der Waals surface area contributed by atoms with E-state index >= 15 is 0 Å². The van der Waals surface area contributed by atoms with Crippen molar-refractivity contribution in [2.24, 2.45) is 0 Å². The van der Waals surface area contributed by atoms with Crippen LogP contribution < -0.4 is 4.74 Å². The minimum Gasteiger partial charge on any atom is -0.508 e. The highest BCUT2D eigenvalue weighted by Gasteiger charge is 2.13. The molecule has 0 aromatic heterocycles. The third kappa shape index (κ3) is 7.97. The first-order valence-corrected chi connectivity index (χ1v) is 9.99. The second-order valence-electron chi connectivity index (χ2n) is 6.61. The van der Waals surface area contributed by atoms with Crippen molar-refractivity contribution in [3.63, 3.8) is 0 Å². The van der Waals surface area contributed by atoms with Gasteiger partial charge in [-0.15, -0.1) is 0 Å². The number of phenols is 1. The highest BCUT2D eigenvalue weighted by molar-refractivity contribution is 6.42. The lowest BCUT2D eigenvalue weighted by molar-refractivity contribution is 0.0680. The summed E-state index contributed by atoms with van der Waals surface area (Å²) in [6, 6.07) is 12.2. The molecule has 0 aliphatic heterocycles. The topological polar surface area (TPSA) is 52.9 Å². The Labute approximate surface area is 171 Å². The fourth-order valence-electron chi connectivity index (χ4n) is 2.74. The lowest BCUT2D eigenvalue weighted by Gasteiger charge is -2.25. The van der Waals surface area contributed by atoms with Gasteiger partial charge in [0.15, 0.2) is 0 Å². The van der Waals surface area contributed by atoms with Crippen LogP contribution in [0.5, 0.6) is 11.5 Å². The molecule has 2 aromatic carbocycles. The SMILES string of the molecule is CCCCN(CCc1ccc(Cl)c(Cl)c1)C[C@H](O)COc1ccc(O)cc1. The zero-order valence-electron chi connectivity index (χ0n) is 15.6. The number of rotatable bonds is 11. The first-order valence-electron chi connectivity index (χ1n) is 9.24. The first-order chi connectivity index (χ1) is 13.0. The van der Waals surface area contributed by atoms with E-state index in [2.05, 4.69) is 11.8 Å². The van der Waals surface area contributed by atoms with Crippen molar-refractivity contribution in [3.8, 4) is 11.5 Å². The molecule has 148 valence electrons. The molecule has 0 fully saturated rings. The van der Waals surface area contributed by atoms with Crippen LogP contribution in [0.15, 0.2) is 42.5 Å². The summed E-state index contributed by atoms with van der Waals surface area (Å²) >= 11 is 12.1. The van der Waals surface area contributed by atoms with Gasteiger partial charge in [0.2, 0.25) is 0 Å². The molecule has 0 heterocycles. The van der Waals surface area contributed by atoms with Gasteiger partial charge in [0.25, 0.3) is 0 Å². The fourth-order valence-corrected chi connectivity index (χ4v) is 3.06. The average molecular weight is 412 g/mol. The molecule has 0 saturated carbocycles. The second kappa shape index (κ2) is 11.4. The normalized spacial score (nSPS) is 12.3. The van der Waals surface area contributed by atoms with Crippen molar-refractivity contribution in [2.45, 2.75) is 32.3 Å². The fraction of sp³-hybridized carbons (Fsp3) is 0.429. The summed E-state index contributed by atoms with van der Waals surface area (Å²) < 4.78 is 5.60. The van der Waals surface area contributed by atoms with E-state index in [1.165, 1.54) is 0 Å². The maximum absolute atomic E-state index is 10.4. The average Bonchev–Trinajstić information content (AvgIpc) is 2.66. The highest BCUT2D eigenvalue weighted by atomic mass is 35.5. The molecule has 0 saturated heterocycles. The number of aliphatic hydroxyl groups is 1. The molecule has 2 rings (SSSR count). The van der Waals surface area contributed by atoms with Crippen molar-refractivity contribution in [2.75, 3.05) is 26.2 Å². The van der Waals surface area contributed by atoms with Gasteiger partial charge in [-0.2, -0.15) is 0 Å². The number of unbranched alkanes of at least 4 members (excludes halogenated alkanes) is 1. The molecule has 0 bridgehead atoms. The molecule has 2 N–H and O–H groups in total. The Morgan fingerprint density at radius 2 is 1.78 bits per heavy atom. The van der Waals surface area contributed by atoms with Crippen molar-refractivity contribution < 1.29 is 14.9 Å². The summed E-state index contributed by atoms with van der Waals surface area (Å²) in [5.74, 6) is 0.818. The smallest absolute Gasteiger partial charge is 0.119 e. The summed E-state index contributed by atoms with van der Waals surface area (Å²) in [5, 5.41) is 20.8. The van der Waals surface area contributed by atoms with Gasteiger partial charge in [0, 0.05) is 13.1 Å². The minimum atomic E-state index is -0.593. The number of hydrogen-bond donors (Lipinski definition) is 2. The number of phenolic OH excluding ortho intramolecular Hbond substituents is 1. The minimum absolute atomic E-state index is 0.191. The molecule has 0 aliphatic carbocycles. The van der Waals surface area contributed by atoms with Gasteiger partial charge >= 0.3 is 0 Å². The monoisotopic (exact) mass is 411 g/mol. The summed E-state index contributed by atoms with van der Waals surface area (Å²) in [6.07, 6.45) is 2.42. The Balaban J connectivity index is 1.84. The molecule has 0 spiro atoms. The zero-order chi connectivity index (χ0) is 19.6. The van der Waals surface area contributed by atoms with Crippen LogP contribution in [0, 0.1) is 0 Å². The maximum atomic E-state index is 10.4. The Morgan fingerprint density at radius 3 is 2.44 bits per heavy atom. The summed E-state index contributed by atoms with van der Waals surface area (Å²) in [5.41, 5.74) is 1.13. The van der Waals surface area contributed by atoms with Crippen LogP contribution in [0.2, 0.25) is 10.0 Å². The van der Waals surface area contributed by atoms with Crippen molar-refractivity contribution in [1.82, 2.24) is 4.90 Å². The summed E-state index contributed by atoms with van der Waals surface area (Å²) in [7, 11) is 0. The summed E-state index contributed by atoms with van der Waals surface area (Å²) in [6.45, 7) is 4.66. The molecule has 27 heavy (non-hydrogen) atoms. The largest absolute Gasteiger partial charge is 0.508 e. The predicted octanol–water partition coefficient (Wildman–Crippen LogP) is 4.78. The number of hydrogen-bond acceptors (Lipinski definition) is 4. The Bertz CT molecular complexity index is 694. The van der Waals surface area contributed by atoms with Gasteiger partial charge in [-0.3, -0.25) is 0 Å². The van der Waals surface area contributed by atoms with E-state index < -0.39 is 6.10 Å². The van der Waals surface area contributed by atoms with Crippen molar-refractivity contribution in [1.29, 1.82) is 0 Å². The van der Waals surface area contributed by atoms with Gasteiger partial charge in [-0.25, -0.2) is 0 Å². The Kier molecular flexibility index (Phi) is 9.22. The van der Waals surface area contributed by atoms with Gasteiger partial charge < -0.3 is 19.8 Å². The molecule has 0 amide bonds. The predicted molar refractivity (Wildman–Crippen MR) is 111 cm³/mol. The molecular formula is C21H27Cl2NO3. The van der Waals surface area contributed by atoms with E-state index in [9.17, 15) is 10.2 Å². The molecule has 6 heteroatoms. The number of nitrogens with zero attached hydrogens (tertiary/aromatic N) is 1. The van der Waals surface area contributed by atoms with Crippen LogP contribution in [-0.4, -0.2) is 47.5 Å². The van der Waals surface area contributed by atoms with Crippen LogP contribution in [0.3, 0.4) is 0 Å². The Hall–Kier alpha value is -1.46. The lowest BCUT2D eigenvalue weighted by atomic mass is 10.1. The van der Waals surface area contributed by atoms with Gasteiger partial charge in [0.1, 0.15) is 24.2 Å². The molecule has 4 nitrogen and oxygen atoms in total. The number of benzene rings is 2. The van der Waals surface area contributed by atoms with Gasteiger partial charge in [-0.1, -0.05) is 42.6 Å². The molecule has 0 radical (unpaired) electrons. The molecule has 0 aliphatic rings. The molecular weight excluding hydrogens is 385 g/mol. The van der Waals surface area contributed by atoms with Crippen LogP contribution in [-0.2, 0) is 6.42 Å². The maximum Gasteiger partial charge on any atom is 0.119 e. The zero-order valence-corrected chi connectivity index (χ0v) is 17.1. The van der Waals surface area contributed by atoms with E-state index in [1.54, 1.807) is 24.3 Å². The Morgan fingerprint density at radius 1 is 1.04 bits per heavy atom. The van der Waals surface area contributed by atoms with Crippen LogP contribution in [0.4, 0.5) is 0 Å². The quantitative estimate of drug-likeness (QED) is 0.558. The van der Waals surface area contributed by atoms with E-state index in [0.717, 1.165) is 37.9 Å². The van der Waals surface area contributed by atoms with E-state index in [-0.39, 0.29) is 12.4 Å². The number of ether oxygens (including phenoxy) is 1. The standard InChI is InChI=1S/C21H27Cl2NO3/c1-2-3-11-24(12-10-16-4-9-20(22)21(23)13-16)14-18(26)15-27-19-7-5-17(25)6-8-19/h4-9,13,18,25-26H,2-3,10-12,14-15H2,1H3/t18-/m0/s1. The van der Waals surface area contributed by atoms with Gasteiger partial charge in [-0.05, 0) is 61.3 Å². The molecule has 2 aromatic rings. The highest BCUT2D eigenvalue weighted by Crippen LogP contribution is 2.23. The van der Waals surface area contributed by atoms with Crippen LogP contribution in [0.1, 0.15) is 25.3 Å². The van der Waals surface area contributed by atoms with E-state index in [1.807, 2.05) is 18.2 Å². The van der Waals surface area contributed by atoms with Crippen LogP contribution >= 0.6 is 23.2 Å². The molecule has 1 atom stereocenters. The van der Waals surface area contributed by atoms with E-state index in [0.29, 0.717) is 22.3 Å². The third-order valence-corrected chi connectivity index (χ3v) is 5.02. The second-order valence-corrected chi connectivity index (χ2v) is 7.43. The third-order valence-electron chi connectivity index (χ3n) is 4.28.